The summed E-state index contributed by atoms with van der Waals surface area (Å²) in [5.41, 5.74) is 5.91. The molecule has 2 rings (SSSR count). The number of benzene rings is 1. The maximum absolute atomic E-state index is 11.0. The van der Waals surface area contributed by atoms with Gasteiger partial charge in [0.2, 0.25) is 5.91 Å². The summed E-state index contributed by atoms with van der Waals surface area (Å²) in [6.45, 7) is 1.97. The van der Waals surface area contributed by atoms with E-state index in [0.29, 0.717) is 24.4 Å². The van der Waals surface area contributed by atoms with Gasteiger partial charge in [-0.05, 0) is 49.5 Å². The molecule has 0 spiro atoms. The standard InChI is InChI=1S/C15H21ClN2O3/c16-12-3-1-2-11(8-12)13(19)9-18-6-4-10(5-7-18)14(20)15(17)21/h1-3,8,10,13-14,19-20H,4-7,9H2,(H2,17,21)/t13-,14-/m0/s1. The summed E-state index contributed by atoms with van der Waals surface area (Å²) < 4.78 is 0. The Labute approximate surface area is 129 Å². The zero-order chi connectivity index (χ0) is 15.4. The number of rotatable bonds is 5. The highest BCUT2D eigenvalue weighted by Crippen LogP contribution is 2.24. The van der Waals surface area contributed by atoms with Crippen LogP contribution in [-0.2, 0) is 4.79 Å². The molecule has 0 unspecified atom stereocenters. The molecule has 1 saturated heterocycles. The fraction of sp³-hybridized carbons (Fsp3) is 0.533. The van der Waals surface area contributed by atoms with Gasteiger partial charge in [0, 0.05) is 11.6 Å². The van der Waals surface area contributed by atoms with Crippen LogP contribution >= 0.6 is 11.6 Å². The number of carbonyl (C=O) groups excluding carboxylic acids is 1. The van der Waals surface area contributed by atoms with Gasteiger partial charge in [0.1, 0.15) is 6.10 Å². The van der Waals surface area contributed by atoms with Crippen molar-refractivity contribution in [1.82, 2.24) is 4.90 Å². The van der Waals surface area contributed by atoms with Gasteiger partial charge in [-0.3, -0.25) is 4.79 Å². The first-order chi connectivity index (χ1) is 9.97. The Balaban J connectivity index is 1.84. The minimum absolute atomic E-state index is 0.0814. The normalized spacial score (nSPS) is 20.1. The van der Waals surface area contributed by atoms with Crippen molar-refractivity contribution in [1.29, 1.82) is 0 Å². The van der Waals surface area contributed by atoms with Crippen LogP contribution in [0.1, 0.15) is 24.5 Å². The molecule has 1 fully saturated rings. The molecule has 0 radical (unpaired) electrons. The van der Waals surface area contributed by atoms with Gasteiger partial charge in [0.25, 0.3) is 0 Å². The molecule has 1 aromatic rings. The smallest absolute Gasteiger partial charge is 0.246 e. The van der Waals surface area contributed by atoms with Gasteiger partial charge in [-0.1, -0.05) is 23.7 Å². The molecule has 4 N–H and O–H groups in total. The number of hydrogen-bond donors (Lipinski definition) is 3. The monoisotopic (exact) mass is 312 g/mol. The van der Waals surface area contributed by atoms with Gasteiger partial charge >= 0.3 is 0 Å². The lowest BCUT2D eigenvalue weighted by molar-refractivity contribution is -0.129. The summed E-state index contributed by atoms with van der Waals surface area (Å²) in [6.07, 6.45) is -0.259. The second-order valence-corrected chi connectivity index (χ2v) is 5.99. The molecule has 1 amide bonds. The molecule has 2 atom stereocenters. The SMILES string of the molecule is NC(=O)[C@@H](O)C1CCN(C[C@H](O)c2cccc(Cl)c2)CC1. The highest BCUT2D eigenvalue weighted by atomic mass is 35.5. The van der Waals surface area contributed by atoms with Gasteiger partial charge in [-0.2, -0.15) is 0 Å². The van der Waals surface area contributed by atoms with Crippen LogP contribution in [0.3, 0.4) is 0 Å². The van der Waals surface area contributed by atoms with E-state index in [9.17, 15) is 15.0 Å². The Bertz CT molecular complexity index is 490. The van der Waals surface area contributed by atoms with Gasteiger partial charge in [0.15, 0.2) is 0 Å². The number of nitrogens with two attached hydrogens (primary N) is 1. The first kappa shape index (κ1) is 16.2. The van der Waals surface area contributed by atoms with Gasteiger partial charge in [-0.15, -0.1) is 0 Å². The number of hydrogen-bond acceptors (Lipinski definition) is 4. The zero-order valence-electron chi connectivity index (χ0n) is 11.8. The van der Waals surface area contributed by atoms with Crippen molar-refractivity contribution < 1.29 is 15.0 Å². The molecule has 0 aromatic heterocycles. The lowest BCUT2D eigenvalue weighted by atomic mass is 9.90. The van der Waals surface area contributed by atoms with Crippen molar-refractivity contribution >= 4 is 17.5 Å². The Morgan fingerprint density at radius 1 is 1.38 bits per heavy atom. The Morgan fingerprint density at radius 2 is 2.05 bits per heavy atom. The van der Waals surface area contributed by atoms with E-state index in [-0.39, 0.29) is 5.92 Å². The van der Waals surface area contributed by atoms with Crippen molar-refractivity contribution in [2.45, 2.75) is 25.0 Å². The lowest BCUT2D eigenvalue weighted by Crippen LogP contribution is -2.43. The third-order valence-corrected chi connectivity index (χ3v) is 4.27. The number of aliphatic hydroxyl groups is 2. The Kier molecular flexibility index (Phi) is 5.58. The van der Waals surface area contributed by atoms with E-state index in [1.807, 2.05) is 12.1 Å². The summed E-state index contributed by atoms with van der Waals surface area (Å²) >= 11 is 5.92. The summed E-state index contributed by atoms with van der Waals surface area (Å²) in [6, 6.07) is 7.20. The summed E-state index contributed by atoms with van der Waals surface area (Å²) in [5, 5.41) is 20.5. The average molecular weight is 313 g/mol. The highest BCUT2D eigenvalue weighted by molar-refractivity contribution is 6.30. The minimum atomic E-state index is -1.06. The maximum atomic E-state index is 11.0. The minimum Gasteiger partial charge on any atom is -0.387 e. The quantitative estimate of drug-likeness (QED) is 0.755. The first-order valence-electron chi connectivity index (χ1n) is 7.10. The largest absolute Gasteiger partial charge is 0.387 e. The number of halogens is 1. The van der Waals surface area contributed by atoms with Crippen LogP contribution in [0, 0.1) is 5.92 Å². The van der Waals surface area contributed by atoms with Crippen LogP contribution < -0.4 is 5.73 Å². The average Bonchev–Trinajstić information content (AvgIpc) is 2.47. The fourth-order valence-corrected chi connectivity index (χ4v) is 2.95. The van der Waals surface area contributed by atoms with Crippen molar-refractivity contribution in [2.75, 3.05) is 19.6 Å². The molecule has 5 nitrogen and oxygen atoms in total. The van der Waals surface area contributed by atoms with Crippen LogP contribution in [-0.4, -0.2) is 46.8 Å². The number of aliphatic hydroxyl groups excluding tert-OH is 2. The Morgan fingerprint density at radius 3 is 2.62 bits per heavy atom. The topological polar surface area (TPSA) is 86.8 Å². The molecule has 21 heavy (non-hydrogen) atoms. The van der Waals surface area contributed by atoms with Crippen molar-refractivity contribution in [2.24, 2.45) is 11.7 Å². The van der Waals surface area contributed by atoms with E-state index in [4.69, 9.17) is 17.3 Å². The van der Waals surface area contributed by atoms with Crippen LogP contribution in [0.15, 0.2) is 24.3 Å². The summed E-state index contributed by atoms with van der Waals surface area (Å²) in [7, 11) is 0. The summed E-state index contributed by atoms with van der Waals surface area (Å²) in [5.74, 6) is -0.741. The molecule has 1 aliphatic heterocycles. The van der Waals surface area contributed by atoms with E-state index in [2.05, 4.69) is 4.90 Å². The number of primary amides is 1. The predicted octanol–water partition coefficient (Wildman–Crippen LogP) is 0.932. The predicted molar refractivity (Wildman–Crippen MR) is 80.8 cm³/mol. The van der Waals surface area contributed by atoms with Gasteiger partial charge in [0.05, 0.1) is 6.10 Å². The molecule has 1 heterocycles. The van der Waals surface area contributed by atoms with Gasteiger partial charge in [-0.25, -0.2) is 0 Å². The molecule has 1 aromatic carbocycles. The van der Waals surface area contributed by atoms with E-state index in [0.717, 1.165) is 18.7 Å². The lowest BCUT2D eigenvalue weighted by Gasteiger charge is -2.34. The van der Waals surface area contributed by atoms with E-state index < -0.39 is 18.1 Å². The third kappa shape index (κ3) is 4.41. The number of β-amino-alcohol motifs (C(OH)–C–C–N with tert-alkyl or cyclic N) is 1. The fourth-order valence-electron chi connectivity index (χ4n) is 2.75. The van der Waals surface area contributed by atoms with E-state index in [1.165, 1.54) is 0 Å². The number of piperidine rings is 1. The molecule has 0 bridgehead atoms. The van der Waals surface area contributed by atoms with Gasteiger partial charge < -0.3 is 20.8 Å². The van der Waals surface area contributed by atoms with Crippen LogP contribution in [0.5, 0.6) is 0 Å². The van der Waals surface area contributed by atoms with E-state index >= 15 is 0 Å². The zero-order valence-corrected chi connectivity index (χ0v) is 12.5. The molecule has 1 aliphatic rings. The summed E-state index contributed by atoms with van der Waals surface area (Å²) in [4.78, 5) is 13.1. The molecular formula is C15H21ClN2O3. The molecule has 0 aliphatic carbocycles. The number of carbonyl (C=O) groups is 1. The number of amides is 1. The van der Waals surface area contributed by atoms with E-state index in [1.54, 1.807) is 12.1 Å². The number of likely N-dealkylation sites (tertiary alicyclic amines) is 1. The van der Waals surface area contributed by atoms with Crippen molar-refractivity contribution in [3.05, 3.63) is 34.9 Å². The van der Waals surface area contributed by atoms with Crippen LogP contribution in [0.4, 0.5) is 0 Å². The van der Waals surface area contributed by atoms with Crippen molar-refractivity contribution in [3.8, 4) is 0 Å². The molecule has 0 saturated carbocycles. The number of nitrogens with zero attached hydrogens (tertiary/aromatic N) is 1. The third-order valence-electron chi connectivity index (χ3n) is 4.03. The Hall–Kier alpha value is -1.14. The first-order valence-corrected chi connectivity index (χ1v) is 7.48. The second kappa shape index (κ2) is 7.22. The van der Waals surface area contributed by atoms with Crippen LogP contribution in [0.25, 0.3) is 0 Å². The molecule has 6 heteroatoms. The molecular weight excluding hydrogens is 292 g/mol. The highest BCUT2D eigenvalue weighted by Gasteiger charge is 2.29. The maximum Gasteiger partial charge on any atom is 0.246 e. The van der Waals surface area contributed by atoms with Crippen molar-refractivity contribution in [3.63, 3.8) is 0 Å². The second-order valence-electron chi connectivity index (χ2n) is 5.56. The van der Waals surface area contributed by atoms with Crippen LogP contribution in [0.2, 0.25) is 5.02 Å². The molecule has 116 valence electrons.